The van der Waals surface area contributed by atoms with Gasteiger partial charge < -0.3 is 23.9 Å². The van der Waals surface area contributed by atoms with Crippen LogP contribution in [-0.4, -0.2) is 27.2 Å². The third-order valence-electron chi connectivity index (χ3n) is 3.85. The van der Waals surface area contributed by atoms with E-state index in [0.29, 0.717) is 33.9 Å². The van der Waals surface area contributed by atoms with Gasteiger partial charge in [0.1, 0.15) is 17.1 Å². The number of methoxy groups -OCH3 is 3. The monoisotopic (exact) mass is 355 g/mol. The molecule has 3 aromatic rings. The van der Waals surface area contributed by atoms with E-state index >= 15 is 0 Å². The van der Waals surface area contributed by atoms with Gasteiger partial charge in [-0.3, -0.25) is 4.79 Å². The van der Waals surface area contributed by atoms with E-state index in [2.05, 4.69) is 5.32 Å². The molecule has 2 aromatic carbocycles. The molecular formula is C19H17NO6. The van der Waals surface area contributed by atoms with Crippen molar-refractivity contribution in [3.05, 3.63) is 58.4 Å². The number of fused-ring (bicyclic) bond motifs is 1. The first-order valence-electron chi connectivity index (χ1n) is 7.71. The summed E-state index contributed by atoms with van der Waals surface area (Å²) in [4.78, 5) is 24.8. The molecule has 7 heteroatoms. The maximum atomic E-state index is 12.6. The Morgan fingerprint density at radius 1 is 0.962 bits per heavy atom. The molecule has 0 atom stereocenters. The summed E-state index contributed by atoms with van der Waals surface area (Å²) in [6, 6.07) is 11.5. The molecule has 1 N–H and O–H groups in total. The first-order valence-corrected chi connectivity index (χ1v) is 7.71. The van der Waals surface area contributed by atoms with Crippen LogP contribution in [0, 0.1) is 0 Å². The predicted molar refractivity (Wildman–Crippen MR) is 96.5 cm³/mol. The Labute approximate surface area is 149 Å². The fourth-order valence-corrected chi connectivity index (χ4v) is 2.53. The fourth-order valence-electron chi connectivity index (χ4n) is 2.53. The highest BCUT2D eigenvalue weighted by Crippen LogP contribution is 2.30. The maximum Gasteiger partial charge on any atom is 0.349 e. The smallest absolute Gasteiger partial charge is 0.349 e. The van der Waals surface area contributed by atoms with Crippen molar-refractivity contribution in [2.45, 2.75) is 0 Å². The topological polar surface area (TPSA) is 87.0 Å². The molecule has 3 rings (SSSR count). The number of carbonyl (C=O) groups excluding carboxylic acids is 1. The van der Waals surface area contributed by atoms with Gasteiger partial charge in [-0.05, 0) is 24.3 Å². The molecule has 0 fully saturated rings. The molecule has 0 saturated heterocycles. The summed E-state index contributed by atoms with van der Waals surface area (Å²) in [5, 5.41) is 3.23. The van der Waals surface area contributed by atoms with Crippen LogP contribution in [-0.2, 0) is 0 Å². The molecular weight excluding hydrogens is 338 g/mol. The molecule has 0 aliphatic rings. The zero-order chi connectivity index (χ0) is 18.7. The van der Waals surface area contributed by atoms with Crippen molar-refractivity contribution in [2.75, 3.05) is 26.6 Å². The van der Waals surface area contributed by atoms with E-state index in [0.717, 1.165) is 0 Å². The maximum absolute atomic E-state index is 12.6. The Morgan fingerprint density at radius 3 is 2.42 bits per heavy atom. The van der Waals surface area contributed by atoms with Crippen LogP contribution in [0.25, 0.3) is 11.0 Å². The highest BCUT2D eigenvalue weighted by Gasteiger charge is 2.17. The fraction of sp³-hybridized carbons (Fsp3) is 0.158. The lowest BCUT2D eigenvalue weighted by molar-refractivity contribution is 0.102. The predicted octanol–water partition coefficient (Wildman–Crippen LogP) is 3.07. The molecule has 0 aliphatic carbocycles. The number of nitrogens with one attached hydrogen (secondary N) is 1. The molecule has 1 aromatic heterocycles. The van der Waals surface area contributed by atoms with Crippen LogP contribution in [0.5, 0.6) is 17.2 Å². The van der Waals surface area contributed by atoms with E-state index in [1.165, 1.54) is 27.4 Å². The number of carbonyl (C=O) groups is 1. The second-order valence-electron chi connectivity index (χ2n) is 5.35. The minimum atomic E-state index is -0.757. The van der Waals surface area contributed by atoms with Crippen molar-refractivity contribution in [3.8, 4) is 17.2 Å². The zero-order valence-electron chi connectivity index (χ0n) is 14.5. The molecule has 0 spiro atoms. The zero-order valence-corrected chi connectivity index (χ0v) is 14.5. The Balaban J connectivity index is 1.98. The Bertz CT molecular complexity index is 1020. The molecule has 0 unspecified atom stereocenters. The van der Waals surface area contributed by atoms with Gasteiger partial charge in [0.2, 0.25) is 0 Å². The lowest BCUT2D eigenvalue weighted by atomic mass is 10.1. The van der Waals surface area contributed by atoms with Gasteiger partial charge in [-0.25, -0.2) is 4.79 Å². The number of amides is 1. The van der Waals surface area contributed by atoms with E-state index in [9.17, 15) is 9.59 Å². The summed E-state index contributed by atoms with van der Waals surface area (Å²) < 4.78 is 20.8. The largest absolute Gasteiger partial charge is 0.497 e. The van der Waals surface area contributed by atoms with Crippen molar-refractivity contribution >= 4 is 22.6 Å². The summed E-state index contributed by atoms with van der Waals surface area (Å²) >= 11 is 0. The van der Waals surface area contributed by atoms with Crippen molar-refractivity contribution in [2.24, 2.45) is 0 Å². The number of ether oxygens (including phenoxy) is 3. The molecule has 0 aliphatic heterocycles. The normalized spacial score (nSPS) is 10.4. The number of hydrogen-bond acceptors (Lipinski definition) is 6. The molecule has 1 amide bonds. The number of anilines is 1. The van der Waals surface area contributed by atoms with E-state index < -0.39 is 11.5 Å². The van der Waals surface area contributed by atoms with E-state index in [-0.39, 0.29) is 5.56 Å². The third-order valence-corrected chi connectivity index (χ3v) is 3.85. The number of benzene rings is 2. The minimum absolute atomic E-state index is 0.122. The summed E-state index contributed by atoms with van der Waals surface area (Å²) in [7, 11) is 4.48. The van der Waals surface area contributed by atoms with Gasteiger partial charge in [0.25, 0.3) is 5.91 Å². The Kier molecular flexibility index (Phi) is 4.79. The summed E-state index contributed by atoms with van der Waals surface area (Å²) in [5.74, 6) is 0.803. The third kappa shape index (κ3) is 3.19. The van der Waals surface area contributed by atoms with Gasteiger partial charge >= 0.3 is 5.63 Å². The van der Waals surface area contributed by atoms with Gasteiger partial charge in [0.15, 0.2) is 11.3 Å². The second kappa shape index (κ2) is 7.18. The molecule has 26 heavy (non-hydrogen) atoms. The number of para-hydroxylation sites is 1. The quantitative estimate of drug-likeness (QED) is 0.708. The van der Waals surface area contributed by atoms with Crippen molar-refractivity contribution in [3.63, 3.8) is 0 Å². The van der Waals surface area contributed by atoms with Crippen molar-refractivity contribution in [1.82, 2.24) is 0 Å². The lowest BCUT2D eigenvalue weighted by Crippen LogP contribution is -2.21. The van der Waals surface area contributed by atoms with E-state index in [4.69, 9.17) is 18.6 Å². The van der Waals surface area contributed by atoms with Crippen molar-refractivity contribution < 1.29 is 23.4 Å². The Hall–Kier alpha value is -3.48. The molecule has 7 nitrogen and oxygen atoms in total. The lowest BCUT2D eigenvalue weighted by Gasteiger charge is -2.11. The number of hydrogen-bond donors (Lipinski definition) is 1. The van der Waals surface area contributed by atoms with Gasteiger partial charge in [-0.2, -0.15) is 0 Å². The first-order chi connectivity index (χ1) is 12.6. The van der Waals surface area contributed by atoms with Gasteiger partial charge in [0, 0.05) is 11.5 Å². The molecule has 0 radical (unpaired) electrons. The van der Waals surface area contributed by atoms with Crippen LogP contribution in [0.4, 0.5) is 5.69 Å². The minimum Gasteiger partial charge on any atom is -0.497 e. The average molecular weight is 355 g/mol. The van der Waals surface area contributed by atoms with E-state index in [1.54, 1.807) is 36.4 Å². The average Bonchev–Trinajstić information content (AvgIpc) is 2.67. The van der Waals surface area contributed by atoms with Crippen LogP contribution in [0.3, 0.4) is 0 Å². The van der Waals surface area contributed by atoms with Gasteiger partial charge in [-0.1, -0.05) is 12.1 Å². The summed E-state index contributed by atoms with van der Waals surface area (Å²) in [6.07, 6.45) is 0. The van der Waals surface area contributed by atoms with Gasteiger partial charge in [-0.15, -0.1) is 0 Å². The molecule has 0 bridgehead atoms. The van der Waals surface area contributed by atoms with Crippen LogP contribution >= 0.6 is 0 Å². The Morgan fingerprint density at radius 2 is 1.73 bits per heavy atom. The standard InChI is InChI=1S/C19H17NO6/c1-23-12-7-8-14(16(10-12)25-3)20-18(21)13-9-11-5-4-6-15(24-2)17(11)26-19(13)22/h4-10H,1-3H3,(H,20,21). The summed E-state index contributed by atoms with van der Waals surface area (Å²) in [5.41, 5.74) is -0.183. The van der Waals surface area contributed by atoms with Crippen molar-refractivity contribution in [1.29, 1.82) is 0 Å². The first kappa shape index (κ1) is 17.3. The van der Waals surface area contributed by atoms with Crippen LogP contribution in [0.1, 0.15) is 10.4 Å². The molecule has 1 heterocycles. The second-order valence-corrected chi connectivity index (χ2v) is 5.35. The molecule has 134 valence electrons. The highest BCUT2D eigenvalue weighted by molar-refractivity contribution is 6.06. The highest BCUT2D eigenvalue weighted by atomic mass is 16.5. The van der Waals surface area contributed by atoms with Crippen LogP contribution in [0.2, 0.25) is 0 Å². The van der Waals surface area contributed by atoms with E-state index in [1.807, 2.05) is 0 Å². The molecule has 0 saturated carbocycles. The van der Waals surface area contributed by atoms with Crippen LogP contribution in [0.15, 0.2) is 51.7 Å². The van der Waals surface area contributed by atoms with Crippen LogP contribution < -0.4 is 25.2 Å². The summed E-state index contributed by atoms with van der Waals surface area (Å²) in [6.45, 7) is 0. The van der Waals surface area contributed by atoms with Gasteiger partial charge in [0.05, 0.1) is 27.0 Å². The SMILES string of the molecule is COc1ccc(NC(=O)c2cc3cccc(OC)c3oc2=O)c(OC)c1. The number of rotatable bonds is 5.